The van der Waals surface area contributed by atoms with Crippen LogP contribution in [0.2, 0.25) is 0 Å². The molecule has 2 heterocycles. The van der Waals surface area contributed by atoms with E-state index < -0.39 is 62.7 Å². The zero-order chi connectivity index (χ0) is 37.5. The number of Topliss-reactive ketones (excluding diaryl/α,β-unsaturated/α-hetero) is 1. The number of amides is 5. The predicted octanol–water partition coefficient (Wildman–Crippen LogP) is 3.37. The maximum absolute atomic E-state index is 14.9. The number of piperidine rings is 1. The third-order valence-corrected chi connectivity index (χ3v) is 15.5. The van der Waals surface area contributed by atoms with Gasteiger partial charge >= 0.3 is 6.03 Å². The number of sulfonamides is 1. The average Bonchev–Trinajstić information content (AvgIpc) is 3.91. The molecule has 0 spiro atoms. The summed E-state index contributed by atoms with van der Waals surface area (Å²) in [5.74, 6) is -2.29. The molecule has 6 fully saturated rings. The van der Waals surface area contributed by atoms with Crippen molar-refractivity contribution in [3.8, 4) is 0 Å². The van der Waals surface area contributed by atoms with Gasteiger partial charge in [0, 0.05) is 25.7 Å². The van der Waals surface area contributed by atoms with Gasteiger partial charge in [-0.25, -0.2) is 17.5 Å². The molecule has 6 aliphatic rings. The Bertz CT molecular complexity index is 1500. The number of nitrogens with one attached hydrogen (secondary N) is 4. The minimum Gasteiger partial charge on any atom is -0.347 e. The summed E-state index contributed by atoms with van der Waals surface area (Å²) in [7, 11) is -3.56. The molecule has 292 valence electrons. The number of unbranched alkanes of at least 4 members (excludes halogenated alkanes) is 1. The third kappa shape index (κ3) is 8.17. The van der Waals surface area contributed by atoms with Gasteiger partial charge in [0.25, 0.3) is 5.91 Å². The first-order chi connectivity index (χ1) is 24.6. The number of hydrogen-bond acceptors (Lipinski definition) is 7. The largest absolute Gasteiger partial charge is 0.347 e. The van der Waals surface area contributed by atoms with Crippen LogP contribution in [0.25, 0.3) is 0 Å². The van der Waals surface area contributed by atoms with Crippen LogP contribution in [0.5, 0.6) is 0 Å². The Kier molecular flexibility index (Phi) is 11.4. The minimum absolute atomic E-state index is 0.00986. The summed E-state index contributed by atoms with van der Waals surface area (Å²) in [6, 6.07) is -3.31. The normalized spacial score (nSPS) is 28.7. The number of urea groups is 1. The molecule has 4 saturated carbocycles. The molecule has 0 aromatic rings. The van der Waals surface area contributed by atoms with Crippen LogP contribution in [0, 0.1) is 22.7 Å². The molecular formula is C38H62N6O7S. The zero-order valence-electron chi connectivity index (χ0n) is 31.8. The fraction of sp³-hybridized carbons (Fsp3) is 0.868. The van der Waals surface area contributed by atoms with Crippen LogP contribution >= 0.6 is 0 Å². The number of fused-ring (bicyclic) bond motifs is 1. The van der Waals surface area contributed by atoms with Gasteiger partial charge in [0.05, 0.1) is 17.3 Å². The van der Waals surface area contributed by atoms with Gasteiger partial charge in [-0.15, -0.1) is 0 Å². The lowest BCUT2D eigenvalue weighted by molar-refractivity contribution is -0.146. The van der Waals surface area contributed by atoms with Crippen LogP contribution in [0.3, 0.4) is 0 Å². The van der Waals surface area contributed by atoms with Crippen molar-refractivity contribution in [2.24, 2.45) is 22.7 Å². The van der Waals surface area contributed by atoms with Crippen molar-refractivity contribution in [2.45, 2.75) is 160 Å². The summed E-state index contributed by atoms with van der Waals surface area (Å²) in [4.78, 5) is 71.0. The number of hydrogen-bond donors (Lipinski definition) is 4. The zero-order valence-corrected chi connectivity index (χ0v) is 32.6. The van der Waals surface area contributed by atoms with E-state index >= 15 is 0 Å². The molecular weight excluding hydrogens is 685 g/mol. The van der Waals surface area contributed by atoms with Crippen LogP contribution in [0.15, 0.2) is 0 Å². The maximum atomic E-state index is 14.9. The Morgan fingerprint density at radius 3 is 2.06 bits per heavy atom. The van der Waals surface area contributed by atoms with E-state index in [4.69, 9.17) is 0 Å². The minimum atomic E-state index is -3.56. The molecule has 13 nitrogen and oxygen atoms in total. The topological polar surface area (TPSA) is 174 Å². The molecule has 4 N–H and O–H groups in total. The lowest BCUT2D eigenvalue weighted by Crippen LogP contribution is -2.65. The van der Waals surface area contributed by atoms with Crippen molar-refractivity contribution in [2.75, 3.05) is 25.4 Å². The highest BCUT2D eigenvalue weighted by Crippen LogP contribution is 2.65. The summed E-state index contributed by atoms with van der Waals surface area (Å²) in [5, 5.41) is 11.8. The number of nitrogens with zero attached hydrogens (tertiary/aromatic N) is 2. The summed E-state index contributed by atoms with van der Waals surface area (Å²) >= 11 is 0. The Hall–Kier alpha value is -2.74. The lowest BCUT2D eigenvalue weighted by atomic mass is 9.70. The van der Waals surface area contributed by atoms with Gasteiger partial charge in [-0.05, 0) is 74.0 Å². The molecule has 0 radical (unpaired) electrons. The van der Waals surface area contributed by atoms with Crippen LogP contribution < -0.4 is 21.3 Å². The monoisotopic (exact) mass is 746 g/mol. The molecule has 4 aliphatic carbocycles. The second kappa shape index (κ2) is 15.2. The first-order valence-corrected chi connectivity index (χ1v) is 21.7. The van der Waals surface area contributed by atoms with E-state index in [1.165, 1.54) is 4.31 Å². The maximum Gasteiger partial charge on any atom is 0.315 e. The second-order valence-corrected chi connectivity index (χ2v) is 19.8. The molecule has 0 aromatic carbocycles. The molecule has 6 rings (SSSR count). The van der Waals surface area contributed by atoms with E-state index in [9.17, 15) is 32.4 Å². The van der Waals surface area contributed by atoms with Crippen LogP contribution in [-0.2, 0) is 29.2 Å². The molecule has 2 aliphatic heterocycles. The molecule has 5 atom stereocenters. The van der Waals surface area contributed by atoms with E-state index in [0.717, 1.165) is 77.0 Å². The van der Waals surface area contributed by atoms with E-state index in [2.05, 4.69) is 35.1 Å². The quantitative estimate of drug-likeness (QED) is 0.186. The highest BCUT2D eigenvalue weighted by molar-refractivity contribution is 7.89. The summed E-state index contributed by atoms with van der Waals surface area (Å²) in [6.45, 7) is 9.58. The van der Waals surface area contributed by atoms with Gasteiger partial charge < -0.3 is 26.2 Å². The van der Waals surface area contributed by atoms with Crippen LogP contribution in [-0.4, -0.2) is 102 Å². The summed E-state index contributed by atoms with van der Waals surface area (Å²) in [5.41, 5.74) is -1.68. The van der Waals surface area contributed by atoms with Crippen molar-refractivity contribution in [3.05, 3.63) is 0 Å². The van der Waals surface area contributed by atoms with Gasteiger partial charge in [0.1, 0.15) is 12.1 Å². The first-order valence-electron chi connectivity index (χ1n) is 20.1. The molecule has 5 amide bonds. The number of ketones is 1. The van der Waals surface area contributed by atoms with Gasteiger partial charge in [-0.1, -0.05) is 79.1 Å². The van der Waals surface area contributed by atoms with Crippen LogP contribution in [0.1, 0.15) is 130 Å². The highest BCUT2D eigenvalue weighted by Gasteiger charge is 2.70. The number of rotatable bonds is 15. The SMILES string of the molecule is CCCC[C@H](NC(=O)[C@@H]1[C@@H]2[C@H](CN1C(=O)[C@@H](NC(=O)NC1(CS(=O)(=O)N3CCC3)CCCCC1)C1(C)CCCCC1)C2(C)C)C(=O)C(=O)NC1CC1. The smallest absolute Gasteiger partial charge is 0.315 e. The molecule has 0 aromatic heterocycles. The van der Waals surface area contributed by atoms with Crippen molar-refractivity contribution in [3.63, 3.8) is 0 Å². The van der Waals surface area contributed by atoms with Crippen molar-refractivity contribution >= 4 is 39.6 Å². The van der Waals surface area contributed by atoms with Gasteiger partial charge in [0.2, 0.25) is 27.6 Å². The number of carbonyl (C=O) groups excluding carboxylic acids is 5. The van der Waals surface area contributed by atoms with Crippen molar-refractivity contribution < 1.29 is 32.4 Å². The first kappa shape index (κ1) is 39.0. The Balaban J connectivity index is 1.22. The number of likely N-dealkylation sites (tertiary alicyclic amines) is 1. The fourth-order valence-corrected chi connectivity index (χ4v) is 11.7. The Morgan fingerprint density at radius 2 is 1.48 bits per heavy atom. The van der Waals surface area contributed by atoms with E-state index in [-0.39, 0.29) is 35.0 Å². The highest BCUT2D eigenvalue weighted by atomic mass is 32.2. The number of carbonyl (C=O) groups is 5. The average molecular weight is 747 g/mol. The van der Waals surface area contributed by atoms with Crippen molar-refractivity contribution in [1.82, 2.24) is 30.5 Å². The Morgan fingerprint density at radius 1 is 0.846 bits per heavy atom. The summed E-state index contributed by atoms with van der Waals surface area (Å²) in [6.07, 6.45) is 12.3. The van der Waals surface area contributed by atoms with E-state index in [0.29, 0.717) is 45.3 Å². The van der Waals surface area contributed by atoms with E-state index in [1.54, 1.807) is 4.90 Å². The fourth-order valence-electron chi connectivity index (χ4n) is 9.69. The van der Waals surface area contributed by atoms with Crippen LogP contribution in [0.4, 0.5) is 4.79 Å². The predicted molar refractivity (Wildman–Crippen MR) is 196 cm³/mol. The molecule has 52 heavy (non-hydrogen) atoms. The Labute approximate surface area is 309 Å². The lowest BCUT2D eigenvalue weighted by Gasteiger charge is -2.44. The van der Waals surface area contributed by atoms with E-state index in [1.807, 2.05) is 13.8 Å². The molecule has 14 heteroatoms. The molecule has 2 saturated heterocycles. The van der Waals surface area contributed by atoms with Gasteiger partial charge in [-0.2, -0.15) is 0 Å². The van der Waals surface area contributed by atoms with Gasteiger partial charge in [0.15, 0.2) is 0 Å². The van der Waals surface area contributed by atoms with Crippen molar-refractivity contribution in [1.29, 1.82) is 0 Å². The second-order valence-electron chi connectivity index (χ2n) is 17.8. The van der Waals surface area contributed by atoms with Gasteiger partial charge in [-0.3, -0.25) is 19.2 Å². The summed E-state index contributed by atoms with van der Waals surface area (Å²) < 4.78 is 28.2. The molecule has 0 unspecified atom stereocenters. The molecule has 0 bridgehead atoms. The standard InChI is InChI=1S/C38H62N6O7S/c1-5-6-14-27(30(45)33(47)39-25-15-16-25)40-32(46)29-28-26(36(28,2)3)23-44(29)34(48)31(37(4)17-9-7-10-18-37)41-35(49)42-38(19-11-8-12-20-38)24-52(50,51)43-21-13-22-43/h25-29,31H,5-24H2,1-4H3,(H,39,47)(H,40,46)(H2,41,42,49)/t26-,27-,28-,29-,31+/m0/s1. The third-order valence-electron chi connectivity index (χ3n) is 13.4.